The summed E-state index contributed by atoms with van der Waals surface area (Å²) in [4.78, 5) is 0. The van der Waals surface area contributed by atoms with Gasteiger partial charge in [0.2, 0.25) is 0 Å². The van der Waals surface area contributed by atoms with E-state index >= 15 is 0 Å². The van der Waals surface area contributed by atoms with Gasteiger partial charge in [0.1, 0.15) is 34.5 Å². The molecule has 2 heterocycles. The number of nitrogen functional groups attached to an aromatic ring is 2. The van der Waals surface area contributed by atoms with Crippen LogP contribution in [0.3, 0.4) is 0 Å². The van der Waals surface area contributed by atoms with Crippen LogP contribution in [0.4, 0.5) is 11.4 Å². The zero-order chi connectivity index (χ0) is 29.2. The highest BCUT2D eigenvalue weighted by atomic mass is 16.7. The molecule has 2 aliphatic heterocycles. The molecule has 0 bridgehead atoms. The van der Waals surface area contributed by atoms with Crippen molar-refractivity contribution in [2.24, 2.45) is 0 Å². The van der Waals surface area contributed by atoms with Crippen molar-refractivity contribution in [3.63, 3.8) is 0 Å². The molecule has 0 saturated heterocycles. The van der Waals surface area contributed by atoms with Crippen molar-refractivity contribution in [1.29, 1.82) is 0 Å². The van der Waals surface area contributed by atoms with Gasteiger partial charge in [-0.25, -0.2) is 0 Å². The Balaban J connectivity index is 1.32. The van der Waals surface area contributed by atoms with E-state index in [1.807, 2.05) is 62.4 Å². The molecular weight excluding hydrogens is 512 g/mol. The average molecular weight is 551 g/mol. The fraction of sp³-hybridized carbons (Fsp3) is 0.314. The fourth-order valence-electron chi connectivity index (χ4n) is 6.26. The first-order valence-corrected chi connectivity index (χ1v) is 14.1. The van der Waals surface area contributed by atoms with Crippen LogP contribution in [0.15, 0.2) is 72.8 Å². The molecule has 4 aromatic rings. The summed E-state index contributed by atoms with van der Waals surface area (Å²) in [6.45, 7) is 13.1. The predicted molar refractivity (Wildman–Crippen MR) is 163 cm³/mol. The van der Waals surface area contributed by atoms with E-state index in [0.29, 0.717) is 24.2 Å². The molecule has 0 saturated carbocycles. The lowest BCUT2D eigenvalue weighted by Gasteiger charge is -2.51. The zero-order valence-electron chi connectivity index (χ0n) is 24.6. The van der Waals surface area contributed by atoms with Crippen LogP contribution in [0.25, 0.3) is 0 Å². The van der Waals surface area contributed by atoms with Gasteiger partial charge in [-0.1, -0.05) is 27.7 Å². The Hall–Kier alpha value is -4.32. The second-order valence-electron chi connectivity index (χ2n) is 12.8. The molecule has 0 unspecified atom stereocenters. The topological polar surface area (TPSA) is 89.0 Å². The summed E-state index contributed by atoms with van der Waals surface area (Å²) < 4.78 is 26.2. The minimum Gasteiger partial charge on any atom is -0.457 e. The van der Waals surface area contributed by atoms with Crippen LogP contribution in [0.1, 0.15) is 62.8 Å². The van der Waals surface area contributed by atoms with E-state index in [9.17, 15) is 0 Å². The minimum atomic E-state index is -0.801. The van der Waals surface area contributed by atoms with Gasteiger partial charge in [-0.15, -0.1) is 0 Å². The van der Waals surface area contributed by atoms with Gasteiger partial charge < -0.3 is 30.4 Å². The van der Waals surface area contributed by atoms with Gasteiger partial charge in [0.05, 0.1) is 0 Å². The summed E-state index contributed by atoms with van der Waals surface area (Å²) in [5.41, 5.74) is 16.9. The SMILES string of the molecule is Cc1cc2c(cc1Oc1ccc(N)cc1)C(C)(C)CC1(CC(C)(C)c3cc(Oc4ccc(N)cc4)c(C)cc3O1)O2. The minimum absolute atomic E-state index is 0.221. The normalized spacial score (nSPS) is 17.5. The molecule has 0 atom stereocenters. The van der Waals surface area contributed by atoms with Crippen LogP contribution in [0, 0.1) is 13.8 Å². The van der Waals surface area contributed by atoms with E-state index in [4.69, 9.17) is 30.4 Å². The van der Waals surface area contributed by atoms with Gasteiger partial charge >= 0.3 is 0 Å². The van der Waals surface area contributed by atoms with Crippen molar-refractivity contribution in [3.8, 4) is 34.5 Å². The maximum Gasteiger partial charge on any atom is 0.252 e. The number of hydrogen-bond acceptors (Lipinski definition) is 6. The quantitative estimate of drug-likeness (QED) is 0.247. The number of rotatable bonds is 4. The Labute approximate surface area is 242 Å². The maximum atomic E-state index is 6.83. The summed E-state index contributed by atoms with van der Waals surface area (Å²) in [5.74, 6) is 3.98. The van der Waals surface area contributed by atoms with Crippen LogP contribution in [0.5, 0.6) is 34.5 Å². The van der Waals surface area contributed by atoms with E-state index in [0.717, 1.165) is 56.8 Å². The van der Waals surface area contributed by atoms with Crippen LogP contribution < -0.4 is 30.4 Å². The summed E-state index contributed by atoms with van der Waals surface area (Å²) in [6, 6.07) is 23.3. The van der Waals surface area contributed by atoms with Crippen LogP contribution in [0.2, 0.25) is 0 Å². The Morgan fingerprint density at radius 1 is 0.585 bits per heavy atom. The van der Waals surface area contributed by atoms with Gasteiger partial charge in [0, 0.05) is 46.2 Å². The second-order valence-corrected chi connectivity index (χ2v) is 12.8. The van der Waals surface area contributed by atoms with Gasteiger partial charge in [-0.3, -0.25) is 0 Å². The molecule has 6 heteroatoms. The molecule has 1 spiro atoms. The van der Waals surface area contributed by atoms with Crippen LogP contribution in [-0.2, 0) is 10.8 Å². The molecule has 212 valence electrons. The number of nitrogens with two attached hydrogens (primary N) is 2. The first-order valence-electron chi connectivity index (χ1n) is 14.1. The first-order chi connectivity index (χ1) is 19.3. The molecule has 2 aliphatic rings. The van der Waals surface area contributed by atoms with Gasteiger partial charge in [0.15, 0.2) is 0 Å². The van der Waals surface area contributed by atoms with Crippen molar-refractivity contribution in [2.75, 3.05) is 11.5 Å². The van der Waals surface area contributed by atoms with Crippen molar-refractivity contribution in [1.82, 2.24) is 0 Å². The third kappa shape index (κ3) is 5.03. The van der Waals surface area contributed by atoms with Crippen molar-refractivity contribution >= 4 is 11.4 Å². The fourth-order valence-corrected chi connectivity index (χ4v) is 6.26. The first kappa shape index (κ1) is 26.9. The van der Waals surface area contributed by atoms with Crippen molar-refractivity contribution in [3.05, 3.63) is 95.1 Å². The van der Waals surface area contributed by atoms with E-state index in [-0.39, 0.29) is 10.8 Å². The molecule has 4 aromatic carbocycles. The summed E-state index contributed by atoms with van der Waals surface area (Å²) in [5, 5.41) is 0. The molecule has 0 amide bonds. The van der Waals surface area contributed by atoms with E-state index in [1.165, 1.54) is 0 Å². The lowest BCUT2D eigenvalue weighted by atomic mass is 9.69. The van der Waals surface area contributed by atoms with Crippen LogP contribution >= 0.6 is 0 Å². The molecular formula is C35H38N2O4. The number of anilines is 2. The van der Waals surface area contributed by atoms with E-state index in [1.54, 1.807) is 0 Å². The number of benzene rings is 4. The molecule has 4 N–H and O–H groups in total. The third-order valence-electron chi connectivity index (χ3n) is 8.24. The summed E-state index contributed by atoms with van der Waals surface area (Å²) >= 11 is 0. The lowest BCUT2D eigenvalue weighted by Crippen LogP contribution is -2.55. The van der Waals surface area contributed by atoms with Gasteiger partial charge in [-0.05, 0) is 97.8 Å². The van der Waals surface area contributed by atoms with Gasteiger partial charge in [-0.2, -0.15) is 0 Å². The molecule has 41 heavy (non-hydrogen) atoms. The Kier molecular flexibility index (Phi) is 6.14. The maximum absolute atomic E-state index is 6.83. The Morgan fingerprint density at radius 3 is 1.32 bits per heavy atom. The lowest BCUT2D eigenvalue weighted by molar-refractivity contribution is -0.166. The average Bonchev–Trinajstić information content (AvgIpc) is 2.87. The van der Waals surface area contributed by atoms with Gasteiger partial charge in [0.25, 0.3) is 5.79 Å². The molecule has 0 radical (unpaired) electrons. The largest absolute Gasteiger partial charge is 0.457 e. The van der Waals surface area contributed by atoms with Crippen molar-refractivity contribution < 1.29 is 18.9 Å². The number of aryl methyl sites for hydroxylation is 2. The Morgan fingerprint density at radius 2 is 0.951 bits per heavy atom. The zero-order valence-corrected chi connectivity index (χ0v) is 24.6. The van der Waals surface area contributed by atoms with E-state index in [2.05, 4.69) is 52.0 Å². The standard InChI is InChI=1S/C35H38N2O4/c1-21-15-31-27(17-29(21)38-25-11-7-23(36)8-12-25)33(3,4)19-35(40-31)20-34(5,6)28-18-30(22(2)16-32(28)41-35)39-26-13-9-24(37)10-14-26/h7-18H,19-20,36-37H2,1-6H3. The number of ether oxygens (including phenoxy) is 4. The highest BCUT2D eigenvalue weighted by molar-refractivity contribution is 5.55. The summed E-state index contributed by atoms with van der Waals surface area (Å²) in [6.07, 6.45) is 1.39. The van der Waals surface area contributed by atoms with Crippen LogP contribution in [-0.4, -0.2) is 5.79 Å². The molecule has 0 aromatic heterocycles. The molecule has 6 nitrogen and oxygen atoms in total. The molecule has 0 fully saturated rings. The van der Waals surface area contributed by atoms with E-state index < -0.39 is 5.79 Å². The third-order valence-corrected chi connectivity index (χ3v) is 8.24. The monoisotopic (exact) mass is 550 g/mol. The predicted octanol–water partition coefficient (Wildman–Crippen LogP) is 8.57. The molecule has 6 rings (SSSR count). The smallest absolute Gasteiger partial charge is 0.252 e. The highest BCUT2D eigenvalue weighted by Crippen LogP contribution is 2.55. The number of hydrogen-bond donors (Lipinski definition) is 2. The van der Waals surface area contributed by atoms with Crippen molar-refractivity contribution in [2.45, 2.75) is 71.0 Å². The summed E-state index contributed by atoms with van der Waals surface area (Å²) in [7, 11) is 0. The number of fused-ring (bicyclic) bond motifs is 2. The second kappa shape index (κ2) is 9.37. The highest BCUT2D eigenvalue weighted by Gasteiger charge is 2.53. The molecule has 0 aliphatic carbocycles. The Bertz CT molecular complexity index is 1500.